The molecule has 1 heterocycles. The smallest absolute Gasteiger partial charge is 0.266 e. The molecule has 3 aromatic carbocycles. The maximum absolute atomic E-state index is 13.0. The lowest BCUT2D eigenvalue weighted by molar-refractivity contribution is -0.122. The van der Waals surface area contributed by atoms with Gasteiger partial charge in [-0.3, -0.25) is 9.69 Å². The Morgan fingerprint density at radius 3 is 2.50 bits per heavy atom. The highest BCUT2D eigenvalue weighted by Crippen LogP contribution is 2.34. The zero-order chi connectivity index (χ0) is 22.3. The first-order valence-corrected chi connectivity index (χ1v) is 11.6. The molecule has 0 N–H and O–H groups in total. The Morgan fingerprint density at radius 1 is 1.00 bits per heavy atom. The predicted molar refractivity (Wildman–Crippen MR) is 133 cm³/mol. The molecule has 1 aliphatic rings. The largest absolute Gasteiger partial charge is 0.489 e. The molecule has 1 amide bonds. The molecule has 0 saturated carbocycles. The van der Waals surface area contributed by atoms with E-state index in [-0.39, 0.29) is 5.91 Å². The molecule has 0 spiro atoms. The number of hydrogen-bond donors (Lipinski definition) is 0. The SMILES string of the molecule is CCCN1C(=O)/C(=C\c2ccc(OCc3cccc(C)c3)cc2)SC1=Nc1ccccc1. The average Bonchev–Trinajstić information content (AvgIpc) is 3.08. The first-order chi connectivity index (χ1) is 15.6. The van der Waals surface area contributed by atoms with Gasteiger partial charge in [0.25, 0.3) is 5.91 Å². The number of ether oxygens (including phenoxy) is 1. The fourth-order valence-electron chi connectivity index (χ4n) is 3.41. The van der Waals surface area contributed by atoms with Crippen molar-refractivity contribution in [3.8, 4) is 5.75 Å². The molecule has 0 bridgehead atoms. The zero-order valence-electron chi connectivity index (χ0n) is 18.3. The average molecular weight is 443 g/mol. The molecule has 1 fully saturated rings. The van der Waals surface area contributed by atoms with E-state index in [0.29, 0.717) is 18.1 Å². The molecule has 32 heavy (non-hydrogen) atoms. The fraction of sp³-hybridized carbons (Fsp3) is 0.185. The van der Waals surface area contributed by atoms with Gasteiger partial charge in [-0.15, -0.1) is 0 Å². The van der Waals surface area contributed by atoms with E-state index in [1.54, 1.807) is 4.90 Å². The van der Waals surface area contributed by atoms with Crippen LogP contribution in [-0.2, 0) is 11.4 Å². The molecule has 3 aromatic rings. The second-order valence-corrected chi connectivity index (χ2v) is 8.65. The van der Waals surface area contributed by atoms with Gasteiger partial charge in [0.05, 0.1) is 10.6 Å². The van der Waals surface area contributed by atoms with Crippen molar-refractivity contribution in [3.05, 3.63) is 100 Å². The van der Waals surface area contributed by atoms with E-state index in [1.165, 1.54) is 17.3 Å². The quantitative estimate of drug-likeness (QED) is 0.388. The normalized spacial score (nSPS) is 16.2. The highest BCUT2D eigenvalue weighted by Gasteiger charge is 2.32. The molecule has 5 heteroatoms. The fourth-order valence-corrected chi connectivity index (χ4v) is 4.43. The topological polar surface area (TPSA) is 41.9 Å². The lowest BCUT2D eigenvalue weighted by Gasteiger charge is -2.13. The third kappa shape index (κ3) is 5.48. The number of aliphatic imine (C=N–C) groups is 1. The van der Waals surface area contributed by atoms with Gasteiger partial charge < -0.3 is 4.74 Å². The minimum Gasteiger partial charge on any atom is -0.489 e. The van der Waals surface area contributed by atoms with Crippen LogP contribution >= 0.6 is 11.8 Å². The van der Waals surface area contributed by atoms with Gasteiger partial charge in [0.15, 0.2) is 5.17 Å². The second-order valence-electron chi connectivity index (χ2n) is 7.64. The summed E-state index contributed by atoms with van der Waals surface area (Å²) in [7, 11) is 0. The Morgan fingerprint density at radius 2 is 1.78 bits per heavy atom. The Kier molecular flexibility index (Phi) is 7.07. The monoisotopic (exact) mass is 442 g/mol. The highest BCUT2D eigenvalue weighted by molar-refractivity contribution is 8.18. The second kappa shape index (κ2) is 10.3. The number of aryl methyl sites for hydroxylation is 1. The first kappa shape index (κ1) is 21.9. The molecule has 4 nitrogen and oxygen atoms in total. The molecule has 1 aliphatic heterocycles. The van der Waals surface area contributed by atoms with Crippen LogP contribution in [0.2, 0.25) is 0 Å². The summed E-state index contributed by atoms with van der Waals surface area (Å²) < 4.78 is 5.91. The third-order valence-corrected chi connectivity index (χ3v) is 5.99. The summed E-state index contributed by atoms with van der Waals surface area (Å²) in [5.41, 5.74) is 4.17. The van der Waals surface area contributed by atoms with Gasteiger partial charge >= 0.3 is 0 Å². The van der Waals surface area contributed by atoms with Gasteiger partial charge in [-0.05, 0) is 66.6 Å². The zero-order valence-corrected chi connectivity index (χ0v) is 19.1. The van der Waals surface area contributed by atoms with Crippen molar-refractivity contribution in [2.24, 2.45) is 4.99 Å². The van der Waals surface area contributed by atoms with Gasteiger partial charge in [0.2, 0.25) is 0 Å². The maximum atomic E-state index is 13.0. The summed E-state index contributed by atoms with van der Waals surface area (Å²) in [5.74, 6) is 0.810. The number of hydrogen-bond acceptors (Lipinski definition) is 4. The van der Waals surface area contributed by atoms with Gasteiger partial charge in [-0.2, -0.15) is 0 Å². The van der Waals surface area contributed by atoms with Crippen molar-refractivity contribution in [1.29, 1.82) is 0 Å². The van der Waals surface area contributed by atoms with Gasteiger partial charge in [0, 0.05) is 6.54 Å². The van der Waals surface area contributed by atoms with E-state index < -0.39 is 0 Å². The van der Waals surface area contributed by atoms with Crippen LogP contribution in [0.25, 0.3) is 6.08 Å². The lowest BCUT2D eigenvalue weighted by atomic mass is 10.1. The summed E-state index contributed by atoms with van der Waals surface area (Å²) in [6.45, 7) is 5.32. The van der Waals surface area contributed by atoms with E-state index in [0.717, 1.165) is 34.2 Å². The van der Waals surface area contributed by atoms with Crippen LogP contribution in [0.15, 0.2) is 88.8 Å². The van der Waals surface area contributed by atoms with E-state index in [1.807, 2.05) is 66.7 Å². The van der Waals surface area contributed by atoms with Crippen LogP contribution in [0.3, 0.4) is 0 Å². The summed E-state index contributed by atoms with van der Waals surface area (Å²) in [6.07, 6.45) is 2.80. The van der Waals surface area contributed by atoms with Gasteiger partial charge in [-0.25, -0.2) is 4.99 Å². The number of nitrogens with zero attached hydrogens (tertiary/aromatic N) is 2. The minimum absolute atomic E-state index is 0.00584. The predicted octanol–water partition coefficient (Wildman–Crippen LogP) is 6.59. The molecular weight excluding hydrogens is 416 g/mol. The first-order valence-electron chi connectivity index (χ1n) is 10.8. The van der Waals surface area contributed by atoms with E-state index in [4.69, 9.17) is 9.73 Å². The van der Waals surface area contributed by atoms with Crippen molar-refractivity contribution in [2.75, 3.05) is 6.54 Å². The van der Waals surface area contributed by atoms with Crippen molar-refractivity contribution >= 4 is 34.6 Å². The lowest BCUT2D eigenvalue weighted by Crippen LogP contribution is -2.29. The van der Waals surface area contributed by atoms with Crippen molar-refractivity contribution in [2.45, 2.75) is 26.9 Å². The maximum Gasteiger partial charge on any atom is 0.266 e. The number of amidine groups is 1. The van der Waals surface area contributed by atoms with Crippen LogP contribution in [0.1, 0.15) is 30.0 Å². The number of amides is 1. The molecule has 0 radical (unpaired) electrons. The molecule has 0 atom stereocenters. The number of benzene rings is 3. The van der Waals surface area contributed by atoms with Gasteiger partial charge in [-0.1, -0.05) is 67.1 Å². The van der Waals surface area contributed by atoms with E-state index >= 15 is 0 Å². The summed E-state index contributed by atoms with van der Waals surface area (Å²) in [5, 5.41) is 0.729. The van der Waals surface area contributed by atoms with Crippen LogP contribution in [-0.4, -0.2) is 22.5 Å². The van der Waals surface area contributed by atoms with Crippen LogP contribution in [0.4, 0.5) is 5.69 Å². The van der Waals surface area contributed by atoms with Crippen LogP contribution in [0, 0.1) is 6.92 Å². The third-order valence-electron chi connectivity index (χ3n) is 4.98. The molecule has 0 aromatic heterocycles. The number of carbonyl (C=O) groups is 1. The standard InChI is InChI=1S/C27H26N2O2S/c1-3-16-29-26(30)25(32-27(29)28-23-10-5-4-6-11-23)18-21-12-14-24(15-13-21)31-19-22-9-7-8-20(2)17-22/h4-15,17-18H,3,16,19H2,1-2H3/b25-18+,28-27?. The minimum atomic E-state index is 0.00584. The molecule has 1 saturated heterocycles. The van der Waals surface area contributed by atoms with E-state index in [2.05, 4.69) is 32.0 Å². The van der Waals surface area contributed by atoms with Crippen molar-refractivity contribution in [1.82, 2.24) is 4.90 Å². The number of carbonyl (C=O) groups excluding carboxylic acids is 1. The molecule has 4 rings (SSSR count). The number of para-hydroxylation sites is 1. The molecular formula is C27H26N2O2S. The van der Waals surface area contributed by atoms with Crippen LogP contribution < -0.4 is 4.74 Å². The summed E-state index contributed by atoms with van der Waals surface area (Å²) in [6, 6.07) is 25.9. The van der Waals surface area contributed by atoms with E-state index in [9.17, 15) is 4.79 Å². The Labute approximate surface area is 193 Å². The summed E-state index contributed by atoms with van der Waals surface area (Å²) in [4.78, 5) is 20.1. The summed E-state index contributed by atoms with van der Waals surface area (Å²) >= 11 is 1.43. The van der Waals surface area contributed by atoms with Crippen LogP contribution in [0.5, 0.6) is 5.75 Å². The number of rotatable bonds is 7. The number of thioether (sulfide) groups is 1. The van der Waals surface area contributed by atoms with Gasteiger partial charge in [0.1, 0.15) is 12.4 Å². The molecule has 162 valence electrons. The van der Waals surface area contributed by atoms with Crippen molar-refractivity contribution in [3.63, 3.8) is 0 Å². The highest BCUT2D eigenvalue weighted by atomic mass is 32.2. The molecule has 0 aliphatic carbocycles. The Balaban J connectivity index is 1.47. The Hall–Kier alpha value is -3.31. The Bertz CT molecular complexity index is 1140. The molecule has 0 unspecified atom stereocenters. The van der Waals surface area contributed by atoms with Crippen molar-refractivity contribution < 1.29 is 9.53 Å².